The first kappa shape index (κ1) is 16.3. The van der Waals surface area contributed by atoms with Crippen LogP contribution in [0.1, 0.15) is 28.8 Å². The number of carboxylic acid groups (broad SMARTS) is 1. The number of thioether (sulfide) groups is 1. The maximum atomic E-state index is 13.7. The van der Waals surface area contributed by atoms with Gasteiger partial charge in [-0.2, -0.15) is 11.8 Å². The Hall–Kier alpha value is -1.12. The van der Waals surface area contributed by atoms with Crippen LogP contribution in [0.3, 0.4) is 0 Å². The third-order valence-corrected chi connectivity index (χ3v) is 6.18. The quantitative estimate of drug-likeness (QED) is 0.880. The fraction of sp³-hybridized carbons (Fsp3) is 0.462. The number of sulfonamides is 1. The highest BCUT2D eigenvalue weighted by Crippen LogP contribution is 2.23. The van der Waals surface area contributed by atoms with Crippen molar-refractivity contribution in [2.45, 2.75) is 30.7 Å². The first-order valence-electron chi connectivity index (χ1n) is 6.45. The van der Waals surface area contributed by atoms with E-state index >= 15 is 0 Å². The molecule has 21 heavy (non-hydrogen) atoms. The van der Waals surface area contributed by atoms with E-state index in [1.54, 1.807) is 11.8 Å². The molecule has 1 atom stereocenters. The lowest BCUT2D eigenvalue weighted by molar-refractivity contribution is 0.0696. The second-order valence-electron chi connectivity index (χ2n) is 4.92. The minimum absolute atomic E-state index is 0.0732. The molecule has 1 aliphatic heterocycles. The number of nitrogens with one attached hydrogen (secondary N) is 1. The lowest BCUT2D eigenvalue weighted by Crippen LogP contribution is -2.38. The Morgan fingerprint density at radius 3 is 2.76 bits per heavy atom. The summed E-state index contributed by atoms with van der Waals surface area (Å²) >= 11 is 1.66. The van der Waals surface area contributed by atoms with Gasteiger partial charge in [0, 0.05) is 17.4 Å². The van der Waals surface area contributed by atoms with E-state index in [1.165, 1.54) is 6.92 Å². The molecule has 1 aromatic carbocycles. The molecule has 2 rings (SSSR count). The molecule has 0 saturated carbocycles. The summed E-state index contributed by atoms with van der Waals surface area (Å²) in [5.74, 6) is -0.536. The Balaban J connectivity index is 2.36. The first-order chi connectivity index (χ1) is 9.81. The number of rotatable bonds is 4. The van der Waals surface area contributed by atoms with Crippen molar-refractivity contribution < 1.29 is 22.7 Å². The second-order valence-corrected chi connectivity index (χ2v) is 7.75. The van der Waals surface area contributed by atoms with Gasteiger partial charge in [0.25, 0.3) is 0 Å². The predicted octanol–water partition coefficient (Wildman–Crippen LogP) is 2.01. The summed E-state index contributed by atoms with van der Waals surface area (Å²) in [4.78, 5) is 10.6. The molecule has 1 aromatic rings. The summed E-state index contributed by atoms with van der Waals surface area (Å²) in [7, 11) is -3.94. The molecule has 0 bridgehead atoms. The van der Waals surface area contributed by atoms with Crippen molar-refractivity contribution in [3.63, 3.8) is 0 Å². The number of halogens is 1. The van der Waals surface area contributed by atoms with E-state index in [0.29, 0.717) is 5.75 Å². The Morgan fingerprint density at radius 1 is 1.48 bits per heavy atom. The lowest BCUT2D eigenvalue weighted by Gasteiger charge is -2.23. The van der Waals surface area contributed by atoms with Gasteiger partial charge in [0.1, 0.15) is 5.82 Å². The zero-order chi connectivity index (χ0) is 15.6. The highest BCUT2D eigenvalue weighted by molar-refractivity contribution is 7.99. The van der Waals surface area contributed by atoms with Gasteiger partial charge in [0.05, 0.1) is 10.5 Å². The van der Waals surface area contributed by atoms with Crippen molar-refractivity contribution in [3.05, 3.63) is 29.1 Å². The summed E-state index contributed by atoms with van der Waals surface area (Å²) < 4.78 is 41.0. The van der Waals surface area contributed by atoms with Gasteiger partial charge in [-0.3, -0.25) is 0 Å². The van der Waals surface area contributed by atoms with Crippen molar-refractivity contribution in [3.8, 4) is 0 Å². The smallest absolute Gasteiger partial charge is 0.335 e. The average Bonchev–Trinajstić information content (AvgIpc) is 2.41. The molecule has 116 valence electrons. The van der Waals surface area contributed by atoms with Gasteiger partial charge in [0.2, 0.25) is 10.0 Å². The standard InChI is InChI=1S/C13H16FNO4S2/c1-8-11(14)5-9(13(16)17)6-12(8)21(18,19)15-10-3-2-4-20-7-10/h5-6,10,15H,2-4,7H2,1H3,(H,16,17). The van der Waals surface area contributed by atoms with E-state index in [2.05, 4.69) is 4.72 Å². The van der Waals surface area contributed by atoms with Crippen LogP contribution >= 0.6 is 11.8 Å². The highest BCUT2D eigenvalue weighted by Gasteiger charge is 2.26. The molecule has 1 saturated heterocycles. The molecule has 0 radical (unpaired) electrons. The fourth-order valence-electron chi connectivity index (χ4n) is 2.17. The molecule has 0 aromatic heterocycles. The van der Waals surface area contributed by atoms with Crippen LogP contribution in [0.5, 0.6) is 0 Å². The molecule has 2 N–H and O–H groups in total. The Bertz CT molecular complexity index is 654. The Labute approximate surface area is 127 Å². The normalized spacial score (nSPS) is 19.4. The van der Waals surface area contributed by atoms with Gasteiger partial charge in [-0.1, -0.05) is 0 Å². The zero-order valence-electron chi connectivity index (χ0n) is 11.4. The van der Waals surface area contributed by atoms with Gasteiger partial charge < -0.3 is 5.11 Å². The first-order valence-corrected chi connectivity index (χ1v) is 9.08. The van der Waals surface area contributed by atoms with Crippen LogP contribution in [-0.2, 0) is 10.0 Å². The van der Waals surface area contributed by atoms with E-state index in [1.807, 2.05) is 0 Å². The SMILES string of the molecule is Cc1c(F)cc(C(=O)O)cc1S(=O)(=O)NC1CCCSC1. The third kappa shape index (κ3) is 3.75. The van der Waals surface area contributed by atoms with Crippen LogP contribution in [0.15, 0.2) is 17.0 Å². The van der Waals surface area contributed by atoms with E-state index in [0.717, 1.165) is 30.7 Å². The highest BCUT2D eigenvalue weighted by atomic mass is 32.2. The van der Waals surface area contributed by atoms with Crippen molar-refractivity contribution >= 4 is 27.8 Å². The molecular formula is C13H16FNO4S2. The van der Waals surface area contributed by atoms with E-state index < -0.39 is 21.8 Å². The number of hydrogen-bond donors (Lipinski definition) is 2. The summed E-state index contributed by atoms with van der Waals surface area (Å²) in [6, 6.07) is 1.62. The molecule has 0 aliphatic carbocycles. The number of hydrogen-bond acceptors (Lipinski definition) is 4. The molecule has 1 heterocycles. The van der Waals surface area contributed by atoms with Crippen molar-refractivity contribution in [1.82, 2.24) is 4.72 Å². The van der Waals surface area contributed by atoms with Gasteiger partial charge in [-0.25, -0.2) is 22.3 Å². The maximum absolute atomic E-state index is 13.7. The summed E-state index contributed by atoms with van der Waals surface area (Å²) in [6.45, 7) is 1.32. The number of carbonyl (C=O) groups is 1. The van der Waals surface area contributed by atoms with Crippen LogP contribution in [0, 0.1) is 12.7 Å². The fourth-order valence-corrected chi connectivity index (χ4v) is 4.90. The zero-order valence-corrected chi connectivity index (χ0v) is 13.1. The van der Waals surface area contributed by atoms with Crippen molar-refractivity contribution in [2.24, 2.45) is 0 Å². The number of benzene rings is 1. The largest absolute Gasteiger partial charge is 0.478 e. The molecule has 0 amide bonds. The Kier molecular flexibility index (Phi) is 4.90. The molecule has 1 aliphatic rings. The molecular weight excluding hydrogens is 317 g/mol. The number of aromatic carboxylic acids is 1. The van der Waals surface area contributed by atoms with E-state index in [4.69, 9.17) is 5.11 Å². The summed E-state index contributed by atoms with van der Waals surface area (Å²) in [5, 5.41) is 8.93. The van der Waals surface area contributed by atoms with Gasteiger partial charge >= 0.3 is 5.97 Å². The van der Waals surface area contributed by atoms with Gasteiger partial charge in [-0.05, 0) is 37.7 Å². The maximum Gasteiger partial charge on any atom is 0.335 e. The van der Waals surface area contributed by atoms with Gasteiger partial charge in [-0.15, -0.1) is 0 Å². The molecule has 5 nitrogen and oxygen atoms in total. The average molecular weight is 333 g/mol. The minimum atomic E-state index is -3.94. The Morgan fingerprint density at radius 2 is 2.19 bits per heavy atom. The molecule has 0 spiro atoms. The van der Waals surface area contributed by atoms with Crippen LogP contribution in [0.2, 0.25) is 0 Å². The third-order valence-electron chi connectivity index (χ3n) is 3.32. The molecule has 8 heteroatoms. The van der Waals surface area contributed by atoms with Crippen LogP contribution in [0.4, 0.5) is 4.39 Å². The van der Waals surface area contributed by atoms with E-state index in [9.17, 15) is 17.6 Å². The van der Waals surface area contributed by atoms with Crippen LogP contribution in [0.25, 0.3) is 0 Å². The van der Waals surface area contributed by atoms with Gasteiger partial charge in [0.15, 0.2) is 0 Å². The molecule has 1 fully saturated rings. The van der Waals surface area contributed by atoms with Crippen LogP contribution in [-0.4, -0.2) is 37.0 Å². The van der Waals surface area contributed by atoms with E-state index in [-0.39, 0.29) is 22.1 Å². The topological polar surface area (TPSA) is 83.5 Å². The van der Waals surface area contributed by atoms with Crippen molar-refractivity contribution in [1.29, 1.82) is 0 Å². The predicted molar refractivity (Wildman–Crippen MR) is 78.8 cm³/mol. The summed E-state index contributed by atoms with van der Waals surface area (Å²) in [6.07, 6.45) is 1.65. The minimum Gasteiger partial charge on any atom is -0.478 e. The number of carboxylic acids is 1. The van der Waals surface area contributed by atoms with Crippen LogP contribution < -0.4 is 4.72 Å². The second kappa shape index (κ2) is 6.33. The lowest BCUT2D eigenvalue weighted by atomic mass is 10.1. The van der Waals surface area contributed by atoms with Crippen molar-refractivity contribution in [2.75, 3.05) is 11.5 Å². The summed E-state index contributed by atoms with van der Waals surface area (Å²) in [5.41, 5.74) is -0.451. The molecule has 1 unspecified atom stereocenters. The monoisotopic (exact) mass is 333 g/mol.